The van der Waals surface area contributed by atoms with Crippen LogP contribution in [-0.2, 0) is 11.3 Å². The minimum atomic E-state index is -0.357. The molecule has 0 fully saturated rings. The molecule has 0 heterocycles. The summed E-state index contributed by atoms with van der Waals surface area (Å²) in [5.41, 5.74) is 0.899. The molecule has 0 aromatic heterocycles. The largest absolute Gasteiger partial charge is 0.491 e. The zero-order chi connectivity index (χ0) is 15.7. The van der Waals surface area contributed by atoms with Crippen LogP contribution in [0.2, 0.25) is 0 Å². The van der Waals surface area contributed by atoms with Gasteiger partial charge in [0.2, 0.25) is 5.91 Å². The minimum Gasteiger partial charge on any atom is -0.491 e. The monoisotopic (exact) mass is 296 g/mol. The van der Waals surface area contributed by atoms with Crippen LogP contribution in [0.1, 0.15) is 31.7 Å². The molecule has 0 aliphatic carbocycles. The average Bonchev–Trinajstić information content (AvgIpc) is 2.45. The highest BCUT2D eigenvalue weighted by Gasteiger charge is 2.07. The molecule has 1 N–H and O–H groups in total. The molecule has 1 rings (SSSR count). The lowest BCUT2D eigenvalue weighted by atomic mass is 10.2. The molecule has 0 bridgehead atoms. The molecule has 4 nitrogen and oxygen atoms in total. The van der Waals surface area contributed by atoms with Gasteiger partial charge in [-0.2, -0.15) is 0 Å². The first-order valence-electron chi connectivity index (χ1n) is 7.36. The number of benzene rings is 1. The Morgan fingerprint density at radius 3 is 2.76 bits per heavy atom. The molecule has 1 aromatic rings. The van der Waals surface area contributed by atoms with Crippen LogP contribution in [0.15, 0.2) is 18.2 Å². The number of ether oxygens (including phenoxy) is 1. The molecule has 0 saturated carbocycles. The van der Waals surface area contributed by atoms with Crippen LogP contribution < -0.4 is 10.1 Å². The van der Waals surface area contributed by atoms with E-state index in [1.807, 2.05) is 6.07 Å². The number of nitrogens with zero attached hydrogens (tertiary/aromatic N) is 1. The average molecular weight is 296 g/mol. The van der Waals surface area contributed by atoms with E-state index in [1.54, 1.807) is 25.1 Å². The van der Waals surface area contributed by atoms with E-state index in [0.29, 0.717) is 26.0 Å². The highest BCUT2D eigenvalue weighted by molar-refractivity contribution is 5.75. The zero-order valence-corrected chi connectivity index (χ0v) is 13.1. The second-order valence-corrected chi connectivity index (χ2v) is 5.18. The summed E-state index contributed by atoms with van der Waals surface area (Å²) in [6, 6.07) is 4.99. The van der Waals surface area contributed by atoms with Crippen molar-refractivity contribution in [2.24, 2.45) is 0 Å². The molecular weight excluding hydrogens is 271 g/mol. The molecule has 0 spiro atoms. The lowest BCUT2D eigenvalue weighted by Gasteiger charge is -2.11. The van der Waals surface area contributed by atoms with Gasteiger partial charge >= 0.3 is 0 Å². The van der Waals surface area contributed by atoms with E-state index in [1.165, 1.54) is 6.07 Å². The van der Waals surface area contributed by atoms with Crippen molar-refractivity contribution in [1.82, 2.24) is 10.2 Å². The van der Waals surface area contributed by atoms with E-state index in [4.69, 9.17) is 4.74 Å². The van der Waals surface area contributed by atoms with E-state index in [0.717, 1.165) is 18.5 Å². The third-order valence-electron chi connectivity index (χ3n) is 3.04. The van der Waals surface area contributed by atoms with E-state index >= 15 is 0 Å². The quantitative estimate of drug-likeness (QED) is 0.712. The summed E-state index contributed by atoms with van der Waals surface area (Å²) in [6.45, 7) is 4.00. The fourth-order valence-corrected chi connectivity index (χ4v) is 1.81. The Labute approximate surface area is 126 Å². The van der Waals surface area contributed by atoms with Gasteiger partial charge in [0.1, 0.15) is 0 Å². The van der Waals surface area contributed by atoms with Crippen molar-refractivity contribution in [3.8, 4) is 5.75 Å². The number of nitrogens with one attached hydrogen (secondary N) is 1. The summed E-state index contributed by atoms with van der Waals surface area (Å²) in [5.74, 6) is -0.0623. The zero-order valence-electron chi connectivity index (χ0n) is 13.1. The molecule has 0 atom stereocenters. The Kier molecular flexibility index (Phi) is 7.75. The molecule has 0 aliphatic rings. The molecule has 21 heavy (non-hydrogen) atoms. The topological polar surface area (TPSA) is 41.6 Å². The molecular formula is C16H25FN2O2. The number of hydrogen-bond acceptors (Lipinski definition) is 3. The summed E-state index contributed by atoms with van der Waals surface area (Å²) in [7, 11) is 3.43. The Hall–Kier alpha value is -1.62. The van der Waals surface area contributed by atoms with Crippen LogP contribution >= 0.6 is 0 Å². The summed E-state index contributed by atoms with van der Waals surface area (Å²) in [5, 5.41) is 3.22. The second-order valence-electron chi connectivity index (χ2n) is 5.18. The summed E-state index contributed by atoms with van der Waals surface area (Å²) >= 11 is 0. The normalized spacial score (nSPS) is 10.5. The molecule has 0 aliphatic heterocycles. The number of amides is 1. The smallest absolute Gasteiger partial charge is 0.222 e. The number of halogens is 1. The highest BCUT2D eigenvalue weighted by atomic mass is 19.1. The number of carbonyl (C=O) groups is 1. The molecule has 0 radical (unpaired) electrons. The van der Waals surface area contributed by atoms with Crippen molar-refractivity contribution in [3.63, 3.8) is 0 Å². The number of hydrogen-bond donors (Lipinski definition) is 1. The van der Waals surface area contributed by atoms with Gasteiger partial charge in [-0.25, -0.2) is 4.39 Å². The van der Waals surface area contributed by atoms with Gasteiger partial charge in [-0.1, -0.05) is 13.0 Å². The summed E-state index contributed by atoms with van der Waals surface area (Å²) in [4.78, 5) is 12.9. The van der Waals surface area contributed by atoms with E-state index in [-0.39, 0.29) is 17.5 Å². The number of rotatable bonds is 9. The molecule has 1 amide bonds. The van der Waals surface area contributed by atoms with Gasteiger partial charge in [-0.3, -0.25) is 4.79 Å². The van der Waals surface area contributed by atoms with Crippen molar-refractivity contribution in [3.05, 3.63) is 29.6 Å². The van der Waals surface area contributed by atoms with Crippen LogP contribution in [0.4, 0.5) is 4.39 Å². The predicted octanol–water partition coefficient (Wildman–Crippen LogP) is 2.57. The maximum atomic E-state index is 13.8. The van der Waals surface area contributed by atoms with Gasteiger partial charge in [0.15, 0.2) is 11.6 Å². The first kappa shape index (κ1) is 17.4. The first-order valence-corrected chi connectivity index (χ1v) is 7.36. The van der Waals surface area contributed by atoms with E-state index < -0.39 is 0 Å². The van der Waals surface area contributed by atoms with Crippen molar-refractivity contribution in [2.75, 3.05) is 27.2 Å². The van der Waals surface area contributed by atoms with Crippen LogP contribution in [0.3, 0.4) is 0 Å². The number of carbonyl (C=O) groups excluding carboxylic acids is 1. The predicted molar refractivity (Wildman–Crippen MR) is 81.8 cm³/mol. The van der Waals surface area contributed by atoms with Crippen LogP contribution in [0.25, 0.3) is 0 Å². The van der Waals surface area contributed by atoms with Gasteiger partial charge in [-0.15, -0.1) is 0 Å². The molecule has 0 unspecified atom stereocenters. The fourth-order valence-electron chi connectivity index (χ4n) is 1.81. The van der Waals surface area contributed by atoms with Gasteiger partial charge < -0.3 is 15.0 Å². The highest BCUT2D eigenvalue weighted by Crippen LogP contribution is 2.18. The van der Waals surface area contributed by atoms with Crippen molar-refractivity contribution in [1.29, 1.82) is 0 Å². The Morgan fingerprint density at radius 1 is 1.38 bits per heavy atom. The summed E-state index contributed by atoms with van der Waals surface area (Å²) in [6.07, 6.45) is 2.04. The van der Waals surface area contributed by atoms with Crippen molar-refractivity contribution >= 4 is 5.91 Å². The molecule has 5 heteroatoms. The van der Waals surface area contributed by atoms with Gasteiger partial charge in [0.05, 0.1) is 6.61 Å². The second kappa shape index (κ2) is 9.34. The van der Waals surface area contributed by atoms with Gasteiger partial charge in [-0.05, 0) is 37.1 Å². The van der Waals surface area contributed by atoms with Crippen LogP contribution in [0.5, 0.6) is 5.75 Å². The first-order chi connectivity index (χ1) is 10.0. The minimum absolute atomic E-state index is 0.0522. The van der Waals surface area contributed by atoms with Crippen molar-refractivity contribution < 1.29 is 13.9 Å². The fraction of sp³-hybridized carbons (Fsp3) is 0.562. The Morgan fingerprint density at radius 2 is 2.14 bits per heavy atom. The van der Waals surface area contributed by atoms with E-state index in [9.17, 15) is 9.18 Å². The summed E-state index contributed by atoms with van der Waals surface area (Å²) < 4.78 is 19.2. The van der Waals surface area contributed by atoms with E-state index in [2.05, 4.69) is 12.2 Å². The van der Waals surface area contributed by atoms with Gasteiger partial charge in [0.25, 0.3) is 0 Å². The molecule has 1 aromatic carbocycles. The van der Waals surface area contributed by atoms with Gasteiger partial charge in [0, 0.05) is 27.1 Å². The molecule has 0 saturated heterocycles. The third-order valence-corrected chi connectivity index (χ3v) is 3.04. The maximum absolute atomic E-state index is 13.8. The lowest BCUT2D eigenvalue weighted by molar-refractivity contribution is -0.128. The standard InChI is InChI=1S/C16H25FN2O2/c1-4-9-18-12-13-7-8-15(14(17)11-13)21-10-5-6-16(20)19(2)3/h7-8,11,18H,4-6,9-10,12H2,1-3H3. The lowest BCUT2D eigenvalue weighted by Crippen LogP contribution is -2.21. The van der Waals surface area contributed by atoms with Crippen LogP contribution in [-0.4, -0.2) is 38.1 Å². The van der Waals surface area contributed by atoms with Crippen LogP contribution in [0, 0.1) is 5.82 Å². The maximum Gasteiger partial charge on any atom is 0.222 e. The van der Waals surface area contributed by atoms with Crippen molar-refractivity contribution in [2.45, 2.75) is 32.7 Å². The Bertz CT molecular complexity index is 450. The SMILES string of the molecule is CCCNCc1ccc(OCCCC(=O)N(C)C)c(F)c1. The third kappa shape index (κ3) is 6.58. The Balaban J connectivity index is 2.37. The molecule has 118 valence electrons.